The molecule has 0 saturated carbocycles. The number of hydrogen-bond acceptors (Lipinski definition) is 9. The first kappa shape index (κ1) is 29.0. The number of nitrogen functional groups attached to an aromatic ring is 2. The zero-order chi connectivity index (χ0) is 27.0. The van der Waals surface area contributed by atoms with Gasteiger partial charge in [0.05, 0.1) is 18.8 Å². The van der Waals surface area contributed by atoms with Gasteiger partial charge in [-0.2, -0.15) is 0 Å². The van der Waals surface area contributed by atoms with Gasteiger partial charge in [-0.25, -0.2) is 14.4 Å². The molecule has 0 aliphatic carbocycles. The van der Waals surface area contributed by atoms with E-state index in [1.807, 2.05) is 24.3 Å². The summed E-state index contributed by atoms with van der Waals surface area (Å²) in [4.78, 5) is 35.0. The van der Waals surface area contributed by atoms with Gasteiger partial charge in [-0.1, -0.05) is 18.7 Å². The van der Waals surface area contributed by atoms with E-state index in [4.69, 9.17) is 30.4 Å². The maximum absolute atomic E-state index is 12.0. The van der Waals surface area contributed by atoms with Gasteiger partial charge in [0.2, 0.25) is 0 Å². The van der Waals surface area contributed by atoms with Crippen molar-refractivity contribution in [1.29, 1.82) is 0 Å². The Morgan fingerprint density at radius 2 is 1.43 bits per heavy atom. The normalized spacial score (nSPS) is 10.6. The first-order valence-electron chi connectivity index (χ1n) is 12.0. The summed E-state index contributed by atoms with van der Waals surface area (Å²) < 4.78 is 20.8. The molecule has 0 radical (unpaired) electrons. The molecule has 4 N–H and O–H groups in total. The zero-order valence-corrected chi connectivity index (χ0v) is 21.1. The highest BCUT2D eigenvalue weighted by Crippen LogP contribution is 2.16. The van der Waals surface area contributed by atoms with Crippen molar-refractivity contribution in [3.05, 3.63) is 71.8 Å². The molecule has 0 fully saturated rings. The summed E-state index contributed by atoms with van der Waals surface area (Å²) >= 11 is 0. The van der Waals surface area contributed by atoms with Gasteiger partial charge >= 0.3 is 17.9 Å². The van der Waals surface area contributed by atoms with E-state index < -0.39 is 17.9 Å². The molecule has 0 bridgehead atoms. The van der Waals surface area contributed by atoms with Gasteiger partial charge in [-0.3, -0.25) is 0 Å². The van der Waals surface area contributed by atoms with Crippen LogP contribution in [0.15, 0.2) is 60.7 Å². The number of carbonyl (C=O) groups is 3. The van der Waals surface area contributed by atoms with Crippen LogP contribution in [0.1, 0.15) is 48.5 Å². The lowest BCUT2D eigenvalue weighted by molar-refractivity contribution is -0.146. The Morgan fingerprint density at radius 1 is 0.811 bits per heavy atom. The minimum absolute atomic E-state index is 0.0229. The summed E-state index contributed by atoms with van der Waals surface area (Å²) in [5.41, 5.74) is 13.7. The Bertz CT molecular complexity index is 1070. The first-order chi connectivity index (χ1) is 17.7. The maximum Gasteiger partial charge on any atom is 0.338 e. The standard InChI is InChI=1S/C28H34N2O7/c1-20(2)27(32)37-16-15-35-26(31)12-9-21-7-10-25(11-8-21)34-13-5-3-4-6-14-36-28(33)22-17-23(29)19-24(30)18-22/h7-12,17-19H,1,3-6,13-16,29-30H2,2H3/b12-9+. The van der Waals surface area contributed by atoms with Gasteiger partial charge in [-0.15, -0.1) is 0 Å². The van der Waals surface area contributed by atoms with Crippen molar-refractivity contribution in [2.45, 2.75) is 32.6 Å². The van der Waals surface area contributed by atoms with Crippen LogP contribution in [0.2, 0.25) is 0 Å². The van der Waals surface area contributed by atoms with Crippen LogP contribution >= 0.6 is 0 Å². The SMILES string of the molecule is C=C(C)C(=O)OCCOC(=O)/C=C/c1ccc(OCCCCCCOC(=O)c2cc(N)cc(N)c2)cc1. The third kappa shape index (κ3) is 11.8. The Hall–Kier alpha value is -4.27. The van der Waals surface area contributed by atoms with Crippen molar-refractivity contribution in [2.75, 3.05) is 37.9 Å². The average Bonchev–Trinajstić information content (AvgIpc) is 2.86. The van der Waals surface area contributed by atoms with Gasteiger partial charge in [0, 0.05) is 23.0 Å². The quantitative estimate of drug-likeness (QED) is 0.118. The molecule has 37 heavy (non-hydrogen) atoms. The number of carbonyl (C=O) groups excluding carboxylic acids is 3. The third-order valence-electron chi connectivity index (χ3n) is 4.96. The highest BCUT2D eigenvalue weighted by atomic mass is 16.6. The molecule has 198 valence electrons. The van der Waals surface area contributed by atoms with Gasteiger partial charge in [0.25, 0.3) is 0 Å². The van der Waals surface area contributed by atoms with Crippen LogP contribution in [-0.2, 0) is 23.8 Å². The lowest BCUT2D eigenvalue weighted by atomic mass is 10.2. The van der Waals surface area contributed by atoms with Gasteiger partial charge in [-0.05, 0) is 74.6 Å². The molecule has 2 aromatic rings. The number of benzene rings is 2. The van der Waals surface area contributed by atoms with E-state index in [9.17, 15) is 14.4 Å². The fraction of sp³-hybridized carbons (Fsp3) is 0.321. The number of ether oxygens (including phenoxy) is 4. The minimum Gasteiger partial charge on any atom is -0.494 e. The summed E-state index contributed by atoms with van der Waals surface area (Å²) in [5.74, 6) is -0.752. The van der Waals surface area contributed by atoms with E-state index in [0.717, 1.165) is 37.0 Å². The minimum atomic E-state index is -0.532. The number of rotatable bonds is 15. The monoisotopic (exact) mass is 510 g/mol. The predicted molar refractivity (Wildman–Crippen MR) is 142 cm³/mol. The van der Waals surface area contributed by atoms with Gasteiger partial charge in [0.15, 0.2) is 0 Å². The van der Waals surface area contributed by atoms with Crippen LogP contribution in [0.4, 0.5) is 11.4 Å². The van der Waals surface area contributed by atoms with Crippen molar-refractivity contribution in [3.8, 4) is 5.75 Å². The molecule has 0 saturated heterocycles. The first-order valence-corrected chi connectivity index (χ1v) is 12.0. The van der Waals surface area contributed by atoms with Crippen molar-refractivity contribution in [3.63, 3.8) is 0 Å². The highest BCUT2D eigenvalue weighted by Gasteiger charge is 2.08. The third-order valence-corrected chi connectivity index (χ3v) is 4.96. The summed E-state index contributed by atoms with van der Waals surface area (Å²) in [7, 11) is 0. The average molecular weight is 511 g/mol. The fourth-order valence-electron chi connectivity index (χ4n) is 3.08. The van der Waals surface area contributed by atoms with Crippen LogP contribution in [0.25, 0.3) is 6.08 Å². The van der Waals surface area contributed by atoms with Gasteiger partial charge in [0.1, 0.15) is 19.0 Å². The van der Waals surface area contributed by atoms with Crippen LogP contribution in [0.3, 0.4) is 0 Å². The summed E-state index contributed by atoms with van der Waals surface area (Å²) in [6, 6.07) is 12.0. The smallest absolute Gasteiger partial charge is 0.338 e. The van der Waals surface area contributed by atoms with Crippen molar-refractivity contribution < 1.29 is 33.3 Å². The largest absolute Gasteiger partial charge is 0.494 e. The highest BCUT2D eigenvalue weighted by molar-refractivity contribution is 5.91. The molecule has 2 aromatic carbocycles. The Balaban J connectivity index is 1.54. The van der Waals surface area contributed by atoms with E-state index in [0.29, 0.717) is 30.2 Å². The molecule has 0 spiro atoms. The molecular formula is C28H34N2O7. The second-order valence-electron chi connectivity index (χ2n) is 8.27. The molecule has 9 heteroatoms. The predicted octanol–water partition coefficient (Wildman–Crippen LogP) is 4.32. The van der Waals surface area contributed by atoms with Crippen molar-refractivity contribution in [1.82, 2.24) is 0 Å². The second-order valence-corrected chi connectivity index (χ2v) is 8.27. The Morgan fingerprint density at radius 3 is 2.08 bits per heavy atom. The topological polar surface area (TPSA) is 140 Å². The molecule has 9 nitrogen and oxygen atoms in total. The van der Waals surface area contributed by atoms with Crippen LogP contribution in [0, 0.1) is 0 Å². The summed E-state index contributed by atoms with van der Waals surface area (Å²) in [5, 5.41) is 0. The number of hydrogen-bond donors (Lipinski definition) is 2. The number of anilines is 2. The van der Waals surface area contributed by atoms with E-state index in [2.05, 4.69) is 6.58 Å². The van der Waals surface area contributed by atoms with Crippen LogP contribution in [0.5, 0.6) is 5.75 Å². The molecule has 0 atom stereocenters. The fourth-order valence-corrected chi connectivity index (χ4v) is 3.08. The molecule has 0 unspecified atom stereocenters. The van der Waals surface area contributed by atoms with E-state index in [1.165, 1.54) is 6.08 Å². The van der Waals surface area contributed by atoms with Crippen molar-refractivity contribution >= 4 is 35.4 Å². The molecule has 0 amide bonds. The lowest BCUT2D eigenvalue weighted by Gasteiger charge is -2.08. The Labute approximate surface area is 217 Å². The zero-order valence-electron chi connectivity index (χ0n) is 21.1. The number of nitrogens with two attached hydrogens (primary N) is 2. The van der Waals surface area contributed by atoms with Crippen LogP contribution in [-0.4, -0.2) is 44.3 Å². The Kier molecular flexibility index (Phi) is 12.3. The molecule has 0 heterocycles. The molecule has 0 aliphatic heterocycles. The molecule has 0 aliphatic rings. The number of esters is 3. The second kappa shape index (κ2) is 15.7. The molecule has 2 rings (SSSR count). The van der Waals surface area contributed by atoms with Crippen molar-refractivity contribution in [2.24, 2.45) is 0 Å². The van der Waals surface area contributed by atoms with Gasteiger partial charge < -0.3 is 30.4 Å². The van der Waals surface area contributed by atoms with E-state index in [-0.39, 0.29) is 18.8 Å². The van der Waals surface area contributed by atoms with E-state index in [1.54, 1.807) is 31.2 Å². The summed E-state index contributed by atoms with van der Waals surface area (Å²) in [6.45, 7) is 5.86. The molecule has 0 aromatic heterocycles. The van der Waals surface area contributed by atoms with E-state index >= 15 is 0 Å². The lowest BCUT2D eigenvalue weighted by Crippen LogP contribution is -2.12. The maximum atomic E-state index is 12.0. The van der Waals surface area contributed by atoms with Crippen LogP contribution < -0.4 is 16.2 Å². The number of unbranched alkanes of at least 4 members (excludes halogenated alkanes) is 3. The summed E-state index contributed by atoms with van der Waals surface area (Å²) in [6.07, 6.45) is 6.41. The molecular weight excluding hydrogens is 476 g/mol.